The number of anilines is 2. The van der Waals surface area contributed by atoms with E-state index in [1.807, 2.05) is 42.3 Å². The standard InChI is InChI=1S/C18H18N2O3/c1-19(13-6-4-3-5-7-13)16-12-17(21)20(18(16)22)14-8-10-15(23-2)11-9-14/h3-11,16H,12H2,1-2H3/t16-/m1/s1. The van der Waals surface area contributed by atoms with Crippen LogP contribution < -0.4 is 14.5 Å². The molecular weight excluding hydrogens is 292 g/mol. The predicted octanol–water partition coefficient (Wildman–Crippen LogP) is 2.46. The quantitative estimate of drug-likeness (QED) is 0.814. The summed E-state index contributed by atoms with van der Waals surface area (Å²) in [5, 5.41) is 0. The summed E-state index contributed by atoms with van der Waals surface area (Å²) in [4.78, 5) is 28.2. The van der Waals surface area contributed by atoms with E-state index in [1.165, 1.54) is 4.90 Å². The molecule has 2 aromatic rings. The van der Waals surface area contributed by atoms with Gasteiger partial charge in [0.25, 0.3) is 5.91 Å². The van der Waals surface area contributed by atoms with Gasteiger partial charge in [-0.3, -0.25) is 9.59 Å². The maximum atomic E-state index is 12.7. The zero-order valence-electron chi connectivity index (χ0n) is 13.1. The molecule has 1 aliphatic heterocycles. The third-order valence-electron chi connectivity index (χ3n) is 4.08. The summed E-state index contributed by atoms with van der Waals surface area (Å²) in [6, 6.07) is 16.0. The molecule has 0 unspecified atom stereocenters. The Balaban J connectivity index is 1.84. The number of nitrogens with zero attached hydrogens (tertiary/aromatic N) is 2. The molecule has 0 aromatic heterocycles. The zero-order valence-corrected chi connectivity index (χ0v) is 13.1. The average Bonchev–Trinajstić information content (AvgIpc) is 2.89. The molecule has 23 heavy (non-hydrogen) atoms. The molecule has 0 spiro atoms. The van der Waals surface area contributed by atoms with Crippen LogP contribution in [0.15, 0.2) is 54.6 Å². The number of hydrogen-bond acceptors (Lipinski definition) is 4. The topological polar surface area (TPSA) is 49.9 Å². The van der Waals surface area contributed by atoms with Crippen LogP contribution in [0.3, 0.4) is 0 Å². The van der Waals surface area contributed by atoms with Gasteiger partial charge < -0.3 is 9.64 Å². The Bertz CT molecular complexity index is 713. The van der Waals surface area contributed by atoms with Crippen molar-refractivity contribution in [3.05, 3.63) is 54.6 Å². The Labute approximate surface area is 135 Å². The fraction of sp³-hybridized carbons (Fsp3) is 0.222. The number of hydrogen-bond donors (Lipinski definition) is 0. The Morgan fingerprint density at radius 2 is 1.70 bits per heavy atom. The van der Waals surface area contributed by atoms with E-state index in [-0.39, 0.29) is 18.2 Å². The first-order valence-corrected chi connectivity index (χ1v) is 7.40. The molecule has 2 amide bonds. The van der Waals surface area contributed by atoms with E-state index in [2.05, 4.69) is 0 Å². The number of likely N-dealkylation sites (N-methyl/N-ethyl adjacent to an activating group) is 1. The van der Waals surface area contributed by atoms with Gasteiger partial charge in [-0.25, -0.2) is 4.90 Å². The number of benzene rings is 2. The van der Waals surface area contributed by atoms with Crippen LogP contribution in [-0.2, 0) is 9.59 Å². The SMILES string of the molecule is COc1ccc(N2C(=O)C[C@@H](N(C)c3ccccc3)C2=O)cc1. The number of carbonyl (C=O) groups is 2. The maximum absolute atomic E-state index is 12.7. The molecule has 5 heteroatoms. The molecule has 0 saturated carbocycles. The van der Waals surface area contributed by atoms with Crippen LogP contribution >= 0.6 is 0 Å². The van der Waals surface area contributed by atoms with Crippen molar-refractivity contribution in [3.63, 3.8) is 0 Å². The van der Waals surface area contributed by atoms with Crippen LogP contribution in [0.1, 0.15) is 6.42 Å². The lowest BCUT2D eigenvalue weighted by atomic mass is 10.2. The molecular formula is C18H18N2O3. The van der Waals surface area contributed by atoms with Crippen LogP contribution in [-0.4, -0.2) is 32.0 Å². The number of carbonyl (C=O) groups excluding carboxylic acids is 2. The molecule has 0 radical (unpaired) electrons. The molecule has 118 valence electrons. The first-order chi connectivity index (χ1) is 11.1. The van der Waals surface area contributed by atoms with Gasteiger partial charge in [0.1, 0.15) is 11.8 Å². The molecule has 0 bridgehead atoms. The van der Waals surface area contributed by atoms with E-state index in [9.17, 15) is 9.59 Å². The summed E-state index contributed by atoms with van der Waals surface area (Å²) in [5.41, 5.74) is 1.49. The minimum Gasteiger partial charge on any atom is -0.497 e. The van der Waals surface area contributed by atoms with Gasteiger partial charge in [0.2, 0.25) is 5.91 Å². The van der Waals surface area contributed by atoms with E-state index >= 15 is 0 Å². The number of para-hydroxylation sites is 1. The second kappa shape index (κ2) is 6.12. The highest BCUT2D eigenvalue weighted by atomic mass is 16.5. The van der Waals surface area contributed by atoms with Gasteiger partial charge >= 0.3 is 0 Å². The molecule has 2 aromatic carbocycles. The summed E-state index contributed by atoms with van der Waals surface area (Å²) >= 11 is 0. The Hall–Kier alpha value is -2.82. The lowest BCUT2D eigenvalue weighted by Gasteiger charge is -2.25. The smallest absolute Gasteiger partial charge is 0.256 e. The molecule has 1 saturated heterocycles. The maximum Gasteiger partial charge on any atom is 0.256 e. The van der Waals surface area contributed by atoms with E-state index in [4.69, 9.17) is 4.74 Å². The lowest BCUT2D eigenvalue weighted by molar-refractivity contribution is -0.121. The summed E-state index contributed by atoms with van der Waals surface area (Å²) in [5.74, 6) is 0.297. The van der Waals surface area contributed by atoms with E-state index in [0.717, 1.165) is 5.69 Å². The molecule has 0 aliphatic carbocycles. The van der Waals surface area contributed by atoms with Crippen molar-refractivity contribution in [2.75, 3.05) is 24.0 Å². The van der Waals surface area contributed by atoms with Crippen molar-refractivity contribution in [1.82, 2.24) is 0 Å². The van der Waals surface area contributed by atoms with Crippen LogP contribution in [0.2, 0.25) is 0 Å². The van der Waals surface area contributed by atoms with Crippen LogP contribution in [0.4, 0.5) is 11.4 Å². The van der Waals surface area contributed by atoms with Crippen molar-refractivity contribution in [3.8, 4) is 5.75 Å². The number of amides is 2. The number of methoxy groups -OCH3 is 1. The summed E-state index contributed by atoms with van der Waals surface area (Å²) in [6.45, 7) is 0. The molecule has 1 fully saturated rings. The lowest BCUT2D eigenvalue weighted by Crippen LogP contribution is -2.40. The second-order valence-corrected chi connectivity index (χ2v) is 5.43. The van der Waals surface area contributed by atoms with Gasteiger partial charge in [-0.1, -0.05) is 18.2 Å². The summed E-state index contributed by atoms with van der Waals surface area (Å²) in [6.07, 6.45) is 0.177. The van der Waals surface area contributed by atoms with Crippen molar-refractivity contribution in [2.24, 2.45) is 0 Å². The fourth-order valence-corrected chi connectivity index (χ4v) is 2.76. The van der Waals surface area contributed by atoms with E-state index < -0.39 is 6.04 Å². The molecule has 1 atom stereocenters. The highest BCUT2D eigenvalue weighted by molar-refractivity contribution is 6.23. The highest BCUT2D eigenvalue weighted by Crippen LogP contribution is 2.28. The van der Waals surface area contributed by atoms with Crippen molar-refractivity contribution in [2.45, 2.75) is 12.5 Å². The number of ether oxygens (including phenoxy) is 1. The average molecular weight is 310 g/mol. The molecule has 1 aliphatic rings. The van der Waals surface area contributed by atoms with Gasteiger partial charge in [-0.05, 0) is 36.4 Å². The van der Waals surface area contributed by atoms with Crippen molar-refractivity contribution >= 4 is 23.2 Å². The Kier molecular flexibility index (Phi) is 4.02. The molecule has 3 rings (SSSR count). The summed E-state index contributed by atoms with van der Waals surface area (Å²) < 4.78 is 5.11. The van der Waals surface area contributed by atoms with Crippen LogP contribution in [0.5, 0.6) is 5.75 Å². The molecule has 0 N–H and O–H groups in total. The number of rotatable bonds is 4. The third-order valence-corrected chi connectivity index (χ3v) is 4.08. The monoisotopic (exact) mass is 310 g/mol. The molecule has 1 heterocycles. The van der Waals surface area contributed by atoms with Gasteiger partial charge in [-0.15, -0.1) is 0 Å². The minimum absolute atomic E-state index is 0.177. The van der Waals surface area contributed by atoms with Gasteiger partial charge in [0.05, 0.1) is 19.2 Å². The van der Waals surface area contributed by atoms with Crippen molar-refractivity contribution in [1.29, 1.82) is 0 Å². The Morgan fingerprint density at radius 1 is 1.04 bits per heavy atom. The molecule has 5 nitrogen and oxygen atoms in total. The first kappa shape index (κ1) is 15.1. The van der Waals surface area contributed by atoms with Crippen molar-refractivity contribution < 1.29 is 14.3 Å². The summed E-state index contributed by atoms with van der Waals surface area (Å²) in [7, 11) is 3.41. The van der Waals surface area contributed by atoms with E-state index in [1.54, 1.807) is 31.4 Å². The van der Waals surface area contributed by atoms with Gasteiger partial charge in [-0.2, -0.15) is 0 Å². The number of imide groups is 1. The third kappa shape index (κ3) is 2.77. The zero-order chi connectivity index (χ0) is 16.4. The Morgan fingerprint density at radius 3 is 2.30 bits per heavy atom. The fourth-order valence-electron chi connectivity index (χ4n) is 2.76. The minimum atomic E-state index is -0.480. The highest BCUT2D eigenvalue weighted by Gasteiger charge is 2.41. The first-order valence-electron chi connectivity index (χ1n) is 7.40. The van der Waals surface area contributed by atoms with E-state index in [0.29, 0.717) is 11.4 Å². The van der Waals surface area contributed by atoms with Crippen LogP contribution in [0.25, 0.3) is 0 Å². The largest absolute Gasteiger partial charge is 0.497 e. The van der Waals surface area contributed by atoms with Gasteiger partial charge in [0.15, 0.2) is 0 Å². The predicted molar refractivity (Wildman–Crippen MR) is 88.7 cm³/mol. The van der Waals surface area contributed by atoms with Crippen LogP contribution in [0, 0.1) is 0 Å². The second-order valence-electron chi connectivity index (χ2n) is 5.43. The van der Waals surface area contributed by atoms with Gasteiger partial charge in [0, 0.05) is 12.7 Å². The normalized spacial score (nSPS) is 17.5.